The van der Waals surface area contributed by atoms with Crippen LogP contribution in [0.1, 0.15) is 14.8 Å². The van der Waals surface area contributed by atoms with Gasteiger partial charge in [-0.25, -0.2) is 14.5 Å². The summed E-state index contributed by atoms with van der Waals surface area (Å²) in [6, 6.07) is 2.16. The molecule has 0 atom stereocenters. The van der Waals surface area contributed by atoms with Crippen molar-refractivity contribution in [1.82, 2.24) is 19.7 Å². The number of alkyl halides is 3. The summed E-state index contributed by atoms with van der Waals surface area (Å²) in [6.45, 7) is 5.01. The monoisotopic (exact) mass is 442 g/mol. The SMILES string of the molecule is Cc1cc(N2CCN(c3cnn(Cc4cnc(C(F)(F)F)s4)c(=O)n3)CC2)cs1. The Bertz CT molecular complexity index is 1050. The highest BCUT2D eigenvalue weighted by Gasteiger charge is 2.34. The standard InChI is InChI=1S/C17H17F3N6OS2/c1-11-6-12(10-28-11)24-2-4-25(5-3-24)14-8-22-26(16(27)23-14)9-13-7-21-15(29-13)17(18,19)20/h6-8,10H,2-5,9H2,1H3. The van der Waals surface area contributed by atoms with E-state index in [1.54, 1.807) is 11.3 Å². The van der Waals surface area contributed by atoms with Gasteiger partial charge in [0.1, 0.15) is 0 Å². The molecule has 154 valence electrons. The van der Waals surface area contributed by atoms with Crippen molar-refractivity contribution in [2.75, 3.05) is 36.0 Å². The second-order valence-corrected chi connectivity index (χ2v) is 8.80. The zero-order valence-electron chi connectivity index (χ0n) is 15.4. The number of aryl methyl sites for hydroxylation is 1. The Balaban J connectivity index is 1.41. The summed E-state index contributed by atoms with van der Waals surface area (Å²) in [4.78, 5) is 25.6. The molecule has 0 aromatic carbocycles. The summed E-state index contributed by atoms with van der Waals surface area (Å²) in [5, 5.41) is 5.28. The van der Waals surface area contributed by atoms with Crippen molar-refractivity contribution in [3.05, 3.63) is 49.1 Å². The maximum absolute atomic E-state index is 12.7. The molecular formula is C17H17F3N6OS2. The summed E-state index contributed by atoms with van der Waals surface area (Å²) in [5.74, 6) is 0.479. The van der Waals surface area contributed by atoms with Crippen molar-refractivity contribution in [3.63, 3.8) is 0 Å². The van der Waals surface area contributed by atoms with Crippen LogP contribution < -0.4 is 15.5 Å². The highest BCUT2D eigenvalue weighted by molar-refractivity contribution is 7.11. The van der Waals surface area contributed by atoms with Crippen molar-refractivity contribution in [3.8, 4) is 0 Å². The Labute approximate surface area is 172 Å². The van der Waals surface area contributed by atoms with Crippen LogP contribution >= 0.6 is 22.7 Å². The predicted molar refractivity (Wildman–Crippen MR) is 106 cm³/mol. The van der Waals surface area contributed by atoms with E-state index in [-0.39, 0.29) is 6.54 Å². The van der Waals surface area contributed by atoms with Gasteiger partial charge < -0.3 is 9.80 Å². The maximum Gasteiger partial charge on any atom is 0.443 e. The maximum atomic E-state index is 12.7. The number of piperazine rings is 1. The molecule has 4 heterocycles. The number of rotatable bonds is 4. The van der Waals surface area contributed by atoms with Crippen LogP contribution in [0, 0.1) is 6.92 Å². The molecule has 12 heteroatoms. The normalized spacial score (nSPS) is 15.2. The van der Waals surface area contributed by atoms with Gasteiger partial charge in [0, 0.05) is 53.2 Å². The average molecular weight is 442 g/mol. The lowest BCUT2D eigenvalue weighted by atomic mass is 10.3. The molecule has 0 aliphatic carbocycles. The van der Waals surface area contributed by atoms with Crippen LogP contribution in [0.5, 0.6) is 0 Å². The molecule has 0 unspecified atom stereocenters. The Kier molecular flexibility index (Phi) is 5.30. The first kappa shape index (κ1) is 19.8. The summed E-state index contributed by atoms with van der Waals surface area (Å²) >= 11 is 2.21. The lowest BCUT2D eigenvalue weighted by Crippen LogP contribution is -2.47. The van der Waals surface area contributed by atoms with E-state index in [4.69, 9.17) is 0 Å². The Morgan fingerprint density at radius 3 is 2.45 bits per heavy atom. The van der Waals surface area contributed by atoms with E-state index in [2.05, 4.69) is 38.3 Å². The molecule has 0 spiro atoms. The van der Waals surface area contributed by atoms with E-state index in [1.807, 2.05) is 4.90 Å². The predicted octanol–water partition coefficient (Wildman–Crippen LogP) is 2.86. The van der Waals surface area contributed by atoms with Gasteiger partial charge in [0.15, 0.2) is 10.8 Å². The van der Waals surface area contributed by atoms with E-state index in [0.717, 1.165) is 24.0 Å². The third kappa shape index (κ3) is 4.42. The molecule has 29 heavy (non-hydrogen) atoms. The Morgan fingerprint density at radius 2 is 1.86 bits per heavy atom. The lowest BCUT2D eigenvalue weighted by Gasteiger charge is -2.35. The summed E-state index contributed by atoms with van der Waals surface area (Å²) < 4.78 is 39.0. The number of halogens is 3. The van der Waals surface area contributed by atoms with E-state index in [0.29, 0.717) is 35.1 Å². The number of anilines is 2. The van der Waals surface area contributed by atoms with Crippen LogP contribution in [0.25, 0.3) is 0 Å². The van der Waals surface area contributed by atoms with E-state index in [9.17, 15) is 18.0 Å². The molecule has 1 fully saturated rings. The topological polar surface area (TPSA) is 67.2 Å². The van der Waals surface area contributed by atoms with Gasteiger partial charge in [0.05, 0.1) is 12.7 Å². The summed E-state index contributed by atoms with van der Waals surface area (Å²) in [5.41, 5.74) is 0.608. The molecule has 1 saturated heterocycles. The third-order valence-corrected chi connectivity index (χ3v) is 6.41. The van der Waals surface area contributed by atoms with Gasteiger partial charge in [-0.05, 0) is 13.0 Å². The minimum atomic E-state index is -4.49. The first-order valence-electron chi connectivity index (χ1n) is 8.81. The average Bonchev–Trinajstić information content (AvgIpc) is 3.32. The van der Waals surface area contributed by atoms with Crippen molar-refractivity contribution >= 4 is 34.2 Å². The second kappa shape index (κ2) is 7.75. The molecule has 3 aromatic heterocycles. The second-order valence-electron chi connectivity index (χ2n) is 6.57. The summed E-state index contributed by atoms with van der Waals surface area (Å²) in [7, 11) is 0. The van der Waals surface area contributed by atoms with Crippen LogP contribution in [0.15, 0.2) is 28.6 Å². The quantitative estimate of drug-likeness (QED) is 0.619. The Morgan fingerprint density at radius 1 is 1.14 bits per heavy atom. The number of hydrogen-bond acceptors (Lipinski definition) is 8. The van der Waals surface area contributed by atoms with Crippen molar-refractivity contribution in [1.29, 1.82) is 0 Å². The van der Waals surface area contributed by atoms with Gasteiger partial charge in [-0.1, -0.05) is 0 Å². The van der Waals surface area contributed by atoms with Crippen LogP contribution in [0.2, 0.25) is 0 Å². The first-order chi connectivity index (χ1) is 13.8. The molecule has 0 saturated carbocycles. The van der Waals surface area contributed by atoms with E-state index >= 15 is 0 Å². The van der Waals surface area contributed by atoms with Crippen LogP contribution in [0.3, 0.4) is 0 Å². The van der Waals surface area contributed by atoms with Crippen LogP contribution in [0.4, 0.5) is 24.7 Å². The van der Waals surface area contributed by atoms with Crippen molar-refractivity contribution < 1.29 is 13.2 Å². The van der Waals surface area contributed by atoms with E-state index < -0.39 is 16.9 Å². The fourth-order valence-electron chi connectivity index (χ4n) is 3.06. The minimum absolute atomic E-state index is 0.0921. The molecular weight excluding hydrogens is 425 g/mol. The van der Waals surface area contributed by atoms with Gasteiger partial charge in [0.25, 0.3) is 0 Å². The molecule has 1 aliphatic rings. The number of nitrogens with zero attached hydrogens (tertiary/aromatic N) is 6. The van der Waals surface area contributed by atoms with Crippen molar-refractivity contribution in [2.45, 2.75) is 19.6 Å². The van der Waals surface area contributed by atoms with Crippen LogP contribution in [-0.2, 0) is 12.7 Å². The van der Waals surface area contributed by atoms with Gasteiger partial charge in [-0.2, -0.15) is 23.3 Å². The van der Waals surface area contributed by atoms with E-state index in [1.165, 1.54) is 16.8 Å². The summed E-state index contributed by atoms with van der Waals surface area (Å²) in [6.07, 6.45) is -1.90. The zero-order chi connectivity index (χ0) is 20.6. The molecule has 0 radical (unpaired) electrons. The number of thiazole rings is 1. The van der Waals surface area contributed by atoms with Crippen molar-refractivity contribution in [2.24, 2.45) is 0 Å². The highest BCUT2D eigenvalue weighted by Crippen LogP contribution is 2.32. The fraction of sp³-hybridized carbons (Fsp3) is 0.412. The fourth-order valence-corrected chi connectivity index (χ4v) is 4.54. The molecule has 7 nitrogen and oxygen atoms in total. The Hall–Kier alpha value is -2.47. The number of hydrogen-bond donors (Lipinski definition) is 0. The molecule has 1 aliphatic heterocycles. The van der Waals surface area contributed by atoms with Crippen LogP contribution in [-0.4, -0.2) is 45.9 Å². The van der Waals surface area contributed by atoms with Gasteiger partial charge >= 0.3 is 11.9 Å². The minimum Gasteiger partial charge on any atom is -0.367 e. The van der Waals surface area contributed by atoms with Gasteiger partial charge in [-0.3, -0.25) is 0 Å². The third-order valence-electron chi connectivity index (χ3n) is 4.53. The zero-order valence-corrected chi connectivity index (χ0v) is 17.0. The number of aromatic nitrogens is 4. The molecule has 0 bridgehead atoms. The highest BCUT2D eigenvalue weighted by atomic mass is 32.1. The molecule has 0 N–H and O–H groups in total. The molecule has 4 rings (SSSR count). The lowest BCUT2D eigenvalue weighted by molar-refractivity contribution is -0.137. The smallest absolute Gasteiger partial charge is 0.367 e. The largest absolute Gasteiger partial charge is 0.443 e. The molecule has 3 aromatic rings. The number of thiophene rings is 1. The van der Waals surface area contributed by atoms with Gasteiger partial charge in [-0.15, -0.1) is 22.7 Å². The first-order valence-corrected chi connectivity index (χ1v) is 10.5. The van der Waals surface area contributed by atoms with Gasteiger partial charge in [0.2, 0.25) is 0 Å². The molecule has 0 amide bonds.